The number of nitrogens with zero attached hydrogens (tertiary/aromatic N) is 2. The molecule has 1 N–H and O–H groups in total. The van der Waals surface area contributed by atoms with Gasteiger partial charge in [-0.3, -0.25) is 14.5 Å². The minimum absolute atomic E-state index is 0.000922. The van der Waals surface area contributed by atoms with Gasteiger partial charge in [-0.2, -0.15) is 0 Å². The third kappa shape index (κ3) is 5.76. The first-order valence-electron chi connectivity index (χ1n) is 9.34. The number of para-hydroxylation sites is 1. The number of nitrogens with one attached hydrogen (secondary N) is 1. The van der Waals surface area contributed by atoms with Gasteiger partial charge in [-0.25, -0.2) is 4.99 Å². The van der Waals surface area contributed by atoms with Crippen molar-refractivity contribution in [2.45, 2.75) is 18.1 Å². The molecule has 0 aliphatic carbocycles. The number of methoxy groups -OCH3 is 1. The van der Waals surface area contributed by atoms with Crippen LogP contribution in [0.1, 0.15) is 12.8 Å². The third-order valence-electron chi connectivity index (χ3n) is 4.33. The monoisotopic (exact) mass is 465 g/mol. The van der Waals surface area contributed by atoms with E-state index in [-0.39, 0.29) is 23.3 Å². The normalized spacial score (nSPS) is 17.6. The molecule has 1 aliphatic rings. The summed E-state index contributed by atoms with van der Waals surface area (Å²) in [7, 11) is 1.62. The van der Waals surface area contributed by atoms with Crippen LogP contribution in [0, 0.1) is 0 Å². The smallest absolute Gasteiger partial charge is 0.242 e. The molecule has 2 amide bonds. The Labute approximate surface area is 189 Å². The predicted octanol–water partition coefficient (Wildman–Crippen LogP) is 4.99. The van der Waals surface area contributed by atoms with Crippen LogP contribution in [0.3, 0.4) is 0 Å². The van der Waals surface area contributed by atoms with E-state index in [0.29, 0.717) is 35.5 Å². The highest BCUT2D eigenvalue weighted by molar-refractivity contribution is 8.15. The molecule has 1 fully saturated rings. The van der Waals surface area contributed by atoms with Gasteiger partial charge in [0, 0.05) is 26.7 Å². The maximum atomic E-state index is 13.0. The van der Waals surface area contributed by atoms with Crippen molar-refractivity contribution in [1.29, 1.82) is 0 Å². The van der Waals surface area contributed by atoms with Gasteiger partial charge in [0.25, 0.3) is 0 Å². The fourth-order valence-corrected chi connectivity index (χ4v) is 4.41. The highest BCUT2D eigenvalue weighted by atomic mass is 35.5. The summed E-state index contributed by atoms with van der Waals surface area (Å²) < 4.78 is 5.10. The Morgan fingerprint density at radius 3 is 2.70 bits per heavy atom. The molecular weight excluding hydrogens is 445 g/mol. The van der Waals surface area contributed by atoms with E-state index < -0.39 is 5.25 Å². The summed E-state index contributed by atoms with van der Waals surface area (Å²) in [6.45, 7) is 1.01. The van der Waals surface area contributed by atoms with Crippen LogP contribution in [0.25, 0.3) is 0 Å². The Bertz CT molecular complexity index is 940. The summed E-state index contributed by atoms with van der Waals surface area (Å²) in [4.78, 5) is 31.8. The second-order valence-electron chi connectivity index (χ2n) is 6.53. The SMILES string of the molecule is COCCCN1C(=O)C(CC(=O)Nc2cccc(Cl)c2Cl)SC1=Nc1ccccc1. The Kier molecular flexibility index (Phi) is 8.16. The number of carbonyl (C=O) groups is 2. The van der Waals surface area contributed by atoms with Gasteiger partial charge in [0.05, 0.1) is 21.4 Å². The molecule has 2 aromatic carbocycles. The third-order valence-corrected chi connectivity index (χ3v) is 6.32. The molecule has 1 aliphatic heterocycles. The lowest BCUT2D eigenvalue weighted by Crippen LogP contribution is -2.34. The Morgan fingerprint density at radius 1 is 1.20 bits per heavy atom. The van der Waals surface area contributed by atoms with Gasteiger partial charge in [-0.05, 0) is 30.7 Å². The van der Waals surface area contributed by atoms with E-state index in [0.717, 1.165) is 5.69 Å². The van der Waals surface area contributed by atoms with Gasteiger partial charge in [0.15, 0.2) is 5.17 Å². The first-order chi connectivity index (χ1) is 14.5. The summed E-state index contributed by atoms with van der Waals surface area (Å²) in [5.41, 5.74) is 1.17. The molecule has 0 saturated carbocycles. The van der Waals surface area contributed by atoms with Crippen molar-refractivity contribution >= 4 is 63.3 Å². The zero-order valence-electron chi connectivity index (χ0n) is 16.3. The fraction of sp³-hybridized carbons (Fsp3) is 0.286. The number of hydrogen-bond acceptors (Lipinski definition) is 5. The van der Waals surface area contributed by atoms with Crippen LogP contribution in [0.15, 0.2) is 53.5 Å². The number of benzene rings is 2. The number of rotatable bonds is 8. The van der Waals surface area contributed by atoms with E-state index >= 15 is 0 Å². The van der Waals surface area contributed by atoms with E-state index in [1.54, 1.807) is 30.2 Å². The summed E-state index contributed by atoms with van der Waals surface area (Å²) >= 11 is 13.4. The molecule has 1 saturated heterocycles. The largest absolute Gasteiger partial charge is 0.385 e. The molecule has 9 heteroatoms. The molecule has 0 aromatic heterocycles. The van der Waals surface area contributed by atoms with Gasteiger partial charge in [-0.15, -0.1) is 0 Å². The molecule has 3 rings (SSSR count). The predicted molar refractivity (Wildman–Crippen MR) is 123 cm³/mol. The van der Waals surface area contributed by atoms with Crippen LogP contribution in [0.5, 0.6) is 0 Å². The summed E-state index contributed by atoms with van der Waals surface area (Å²) in [6, 6.07) is 14.4. The van der Waals surface area contributed by atoms with E-state index in [1.807, 2.05) is 30.3 Å². The molecule has 1 atom stereocenters. The lowest BCUT2D eigenvalue weighted by molar-refractivity contribution is -0.128. The highest BCUT2D eigenvalue weighted by Gasteiger charge is 2.39. The van der Waals surface area contributed by atoms with Crippen molar-refractivity contribution < 1.29 is 14.3 Å². The zero-order valence-corrected chi connectivity index (χ0v) is 18.6. The van der Waals surface area contributed by atoms with Gasteiger partial charge in [0.2, 0.25) is 11.8 Å². The molecule has 1 unspecified atom stereocenters. The first-order valence-corrected chi connectivity index (χ1v) is 11.0. The van der Waals surface area contributed by atoms with Gasteiger partial charge in [0.1, 0.15) is 5.25 Å². The van der Waals surface area contributed by atoms with Gasteiger partial charge in [-0.1, -0.05) is 59.2 Å². The lowest BCUT2D eigenvalue weighted by atomic mass is 10.2. The number of aliphatic imine (C=N–C) groups is 1. The Morgan fingerprint density at radius 2 is 1.97 bits per heavy atom. The molecule has 1 heterocycles. The number of carbonyl (C=O) groups excluding carboxylic acids is 2. The van der Waals surface area contributed by atoms with Crippen molar-refractivity contribution in [3.8, 4) is 0 Å². The van der Waals surface area contributed by atoms with Crippen molar-refractivity contribution in [3.63, 3.8) is 0 Å². The second kappa shape index (κ2) is 10.8. The fourth-order valence-electron chi connectivity index (χ4n) is 2.88. The van der Waals surface area contributed by atoms with E-state index in [9.17, 15) is 9.59 Å². The van der Waals surface area contributed by atoms with Crippen LogP contribution in [0.2, 0.25) is 10.0 Å². The first kappa shape index (κ1) is 22.6. The molecule has 0 spiro atoms. The molecule has 2 aromatic rings. The van der Waals surface area contributed by atoms with E-state index in [4.69, 9.17) is 27.9 Å². The number of ether oxygens (including phenoxy) is 1. The maximum absolute atomic E-state index is 13.0. The Balaban J connectivity index is 1.73. The number of amidine groups is 1. The summed E-state index contributed by atoms with van der Waals surface area (Å²) in [5, 5.41) is 3.37. The second-order valence-corrected chi connectivity index (χ2v) is 8.48. The molecule has 6 nitrogen and oxygen atoms in total. The molecule has 158 valence electrons. The van der Waals surface area contributed by atoms with Gasteiger partial charge < -0.3 is 10.1 Å². The van der Waals surface area contributed by atoms with Crippen LogP contribution in [-0.4, -0.2) is 47.4 Å². The zero-order chi connectivity index (χ0) is 21.5. The number of hydrogen-bond donors (Lipinski definition) is 1. The minimum atomic E-state index is -0.562. The van der Waals surface area contributed by atoms with E-state index in [1.165, 1.54) is 11.8 Å². The van der Waals surface area contributed by atoms with Crippen molar-refractivity contribution in [3.05, 3.63) is 58.6 Å². The van der Waals surface area contributed by atoms with Crippen molar-refractivity contribution in [2.75, 3.05) is 25.6 Å². The average Bonchev–Trinajstić information content (AvgIpc) is 3.01. The van der Waals surface area contributed by atoms with Crippen molar-refractivity contribution in [2.24, 2.45) is 4.99 Å². The summed E-state index contributed by atoms with van der Waals surface area (Å²) in [5.74, 6) is -0.457. The molecule has 30 heavy (non-hydrogen) atoms. The lowest BCUT2D eigenvalue weighted by Gasteiger charge is -2.16. The topological polar surface area (TPSA) is 71.0 Å². The maximum Gasteiger partial charge on any atom is 0.242 e. The van der Waals surface area contributed by atoms with Crippen LogP contribution < -0.4 is 5.32 Å². The number of amides is 2. The quantitative estimate of drug-likeness (QED) is 0.557. The summed E-state index contributed by atoms with van der Waals surface area (Å²) in [6.07, 6.45) is 0.675. The van der Waals surface area contributed by atoms with E-state index in [2.05, 4.69) is 10.3 Å². The van der Waals surface area contributed by atoms with Crippen LogP contribution in [0.4, 0.5) is 11.4 Å². The molecule has 0 bridgehead atoms. The number of halogens is 2. The highest BCUT2D eigenvalue weighted by Crippen LogP contribution is 2.33. The molecular formula is C21H21Cl2N3O3S. The van der Waals surface area contributed by atoms with Crippen molar-refractivity contribution in [1.82, 2.24) is 4.90 Å². The Hall–Kier alpha value is -2.06. The van der Waals surface area contributed by atoms with Crippen LogP contribution in [-0.2, 0) is 14.3 Å². The average molecular weight is 466 g/mol. The number of thioether (sulfide) groups is 1. The van der Waals surface area contributed by atoms with Gasteiger partial charge >= 0.3 is 0 Å². The number of anilines is 1. The van der Waals surface area contributed by atoms with Crippen LogP contribution >= 0.6 is 35.0 Å². The molecule has 0 radical (unpaired) electrons. The standard InChI is InChI=1S/C21H21Cl2N3O3S/c1-29-12-6-11-26-20(28)17(30-21(26)24-14-7-3-2-4-8-14)13-18(27)25-16-10-5-9-15(22)19(16)23/h2-5,7-10,17H,6,11-13H2,1H3,(H,25,27). The minimum Gasteiger partial charge on any atom is -0.385 e.